The summed E-state index contributed by atoms with van der Waals surface area (Å²) in [7, 11) is 3.91. The van der Waals surface area contributed by atoms with Crippen molar-refractivity contribution in [2.45, 2.75) is 12.6 Å². The maximum atomic E-state index is 12.2. The molecule has 2 heterocycles. The number of fused-ring (bicyclic) bond motifs is 1. The zero-order valence-corrected chi connectivity index (χ0v) is 12.6. The smallest absolute Gasteiger partial charge is 0.471 e. The molecule has 23 heavy (non-hydrogen) atoms. The number of nitrogens with zero attached hydrogens (tertiary/aromatic N) is 4. The van der Waals surface area contributed by atoms with Crippen LogP contribution in [0.3, 0.4) is 0 Å². The molecule has 0 atom stereocenters. The van der Waals surface area contributed by atoms with Gasteiger partial charge in [0.05, 0.1) is 6.61 Å². The molecule has 0 saturated heterocycles. The van der Waals surface area contributed by atoms with Gasteiger partial charge >= 0.3 is 12.1 Å². The fourth-order valence-electron chi connectivity index (χ4n) is 1.75. The number of alkyl halides is 3. The summed E-state index contributed by atoms with van der Waals surface area (Å²) < 4.78 is 43.3. The molecule has 2 aromatic heterocycles. The molecule has 0 spiro atoms. The summed E-state index contributed by atoms with van der Waals surface area (Å²) in [6, 6.07) is 3.15. The van der Waals surface area contributed by atoms with E-state index in [1.807, 2.05) is 19.0 Å². The van der Waals surface area contributed by atoms with Crippen LogP contribution in [0.2, 0.25) is 0 Å². The van der Waals surface area contributed by atoms with Gasteiger partial charge in [0.1, 0.15) is 5.75 Å². The Hall–Kier alpha value is -2.36. The molecule has 0 fully saturated rings. The van der Waals surface area contributed by atoms with Crippen LogP contribution in [0.4, 0.5) is 19.1 Å². The van der Waals surface area contributed by atoms with Gasteiger partial charge in [0, 0.05) is 18.8 Å². The van der Waals surface area contributed by atoms with Crippen molar-refractivity contribution in [1.82, 2.24) is 19.5 Å². The summed E-state index contributed by atoms with van der Waals surface area (Å²) >= 11 is 0. The van der Waals surface area contributed by atoms with Crippen molar-refractivity contribution in [3.05, 3.63) is 18.3 Å². The van der Waals surface area contributed by atoms with E-state index in [0.717, 1.165) is 13.0 Å². The van der Waals surface area contributed by atoms with Crippen LogP contribution in [0.1, 0.15) is 6.42 Å². The Kier molecular flexibility index (Phi) is 5.04. The predicted molar refractivity (Wildman–Crippen MR) is 76.3 cm³/mol. The van der Waals surface area contributed by atoms with Crippen LogP contribution in [-0.2, 0) is 4.79 Å². The Morgan fingerprint density at radius 3 is 2.83 bits per heavy atom. The van der Waals surface area contributed by atoms with Crippen LogP contribution in [0.5, 0.6) is 5.75 Å². The number of anilines is 1. The summed E-state index contributed by atoms with van der Waals surface area (Å²) in [5.74, 6) is -2.01. The maximum Gasteiger partial charge on any atom is 0.471 e. The number of nitrogens with one attached hydrogen (secondary N) is 1. The lowest BCUT2D eigenvalue weighted by Gasteiger charge is -2.10. The van der Waals surface area contributed by atoms with E-state index < -0.39 is 18.0 Å². The third-order valence-electron chi connectivity index (χ3n) is 2.81. The topological polar surface area (TPSA) is 71.8 Å². The predicted octanol–water partition coefficient (Wildman–Crippen LogP) is 1.56. The van der Waals surface area contributed by atoms with Crippen LogP contribution in [0.15, 0.2) is 18.3 Å². The van der Waals surface area contributed by atoms with Gasteiger partial charge in [-0.05, 0) is 26.6 Å². The second kappa shape index (κ2) is 6.82. The van der Waals surface area contributed by atoms with E-state index in [0.29, 0.717) is 12.4 Å². The minimum Gasteiger partial charge on any atom is -0.493 e. The van der Waals surface area contributed by atoms with E-state index in [4.69, 9.17) is 4.74 Å². The Bertz CT molecular complexity index is 684. The summed E-state index contributed by atoms with van der Waals surface area (Å²) in [5, 5.41) is 5.34. The third kappa shape index (κ3) is 4.81. The number of aromatic nitrogens is 3. The van der Waals surface area contributed by atoms with Gasteiger partial charge in [-0.25, -0.2) is 4.52 Å². The summed E-state index contributed by atoms with van der Waals surface area (Å²) in [4.78, 5) is 16.7. The van der Waals surface area contributed by atoms with Crippen molar-refractivity contribution in [2.24, 2.45) is 0 Å². The second-order valence-corrected chi connectivity index (χ2v) is 5.06. The number of halogens is 3. The Morgan fingerprint density at radius 2 is 2.17 bits per heavy atom. The monoisotopic (exact) mass is 331 g/mol. The molecule has 0 unspecified atom stereocenters. The number of pyridine rings is 1. The molecule has 0 aromatic carbocycles. The van der Waals surface area contributed by atoms with E-state index in [-0.39, 0.29) is 5.65 Å². The minimum atomic E-state index is -4.99. The molecule has 10 heteroatoms. The highest BCUT2D eigenvalue weighted by Gasteiger charge is 2.39. The number of amides is 1. The molecule has 2 aromatic rings. The highest BCUT2D eigenvalue weighted by Crippen LogP contribution is 2.18. The van der Waals surface area contributed by atoms with Crippen LogP contribution in [0, 0.1) is 0 Å². The van der Waals surface area contributed by atoms with E-state index in [2.05, 4.69) is 10.1 Å². The van der Waals surface area contributed by atoms with Crippen molar-refractivity contribution in [1.29, 1.82) is 0 Å². The Labute approximate surface area is 130 Å². The van der Waals surface area contributed by atoms with Crippen LogP contribution < -0.4 is 10.1 Å². The van der Waals surface area contributed by atoms with Gasteiger partial charge in [-0.1, -0.05) is 0 Å². The minimum absolute atomic E-state index is 0.271. The zero-order valence-electron chi connectivity index (χ0n) is 12.6. The first kappa shape index (κ1) is 17.0. The van der Waals surface area contributed by atoms with Gasteiger partial charge in [-0.15, -0.1) is 5.10 Å². The first-order valence-corrected chi connectivity index (χ1v) is 6.78. The van der Waals surface area contributed by atoms with Crippen molar-refractivity contribution in [2.75, 3.05) is 32.6 Å². The lowest BCUT2D eigenvalue weighted by Crippen LogP contribution is -2.30. The quantitative estimate of drug-likeness (QED) is 0.814. The average Bonchev–Trinajstić information content (AvgIpc) is 2.83. The molecule has 0 aliphatic rings. The summed E-state index contributed by atoms with van der Waals surface area (Å²) in [5.41, 5.74) is 0.271. The van der Waals surface area contributed by atoms with Gasteiger partial charge in [-0.3, -0.25) is 10.1 Å². The van der Waals surface area contributed by atoms with Gasteiger partial charge in [0.2, 0.25) is 5.95 Å². The molecule has 0 radical (unpaired) electrons. The number of hydrogen-bond donors (Lipinski definition) is 1. The van der Waals surface area contributed by atoms with Crippen molar-refractivity contribution in [3.8, 4) is 5.75 Å². The SMILES string of the molecule is CN(C)CCCOc1ccn2nc(NC(=O)C(F)(F)F)nc2c1. The third-order valence-corrected chi connectivity index (χ3v) is 2.81. The number of carbonyl (C=O) groups is 1. The number of ether oxygens (including phenoxy) is 1. The van der Waals surface area contributed by atoms with E-state index in [1.165, 1.54) is 16.8 Å². The van der Waals surface area contributed by atoms with Crippen molar-refractivity contribution in [3.63, 3.8) is 0 Å². The molecule has 1 amide bonds. The molecule has 0 aliphatic carbocycles. The standard InChI is InChI=1S/C13H16F3N5O2/c1-20(2)5-3-7-23-9-4-6-21-10(8-9)17-12(19-21)18-11(22)13(14,15)16/h4,6,8H,3,5,7H2,1-2H3,(H,18,19,22). The molecule has 0 saturated carbocycles. The molecule has 7 nitrogen and oxygen atoms in total. The molecule has 0 bridgehead atoms. The van der Waals surface area contributed by atoms with Crippen LogP contribution >= 0.6 is 0 Å². The zero-order chi connectivity index (χ0) is 17.0. The number of hydrogen-bond acceptors (Lipinski definition) is 5. The van der Waals surface area contributed by atoms with E-state index in [9.17, 15) is 18.0 Å². The van der Waals surface area contributed by atoms with Gasteiger partial charge < -0.3 is 9.64 Å². The number of rotatable bonds is 6. The average molecular weight is 331 g/mol. The van der Waals surface area contributed by atoms with Gasteiger partial charge in [0.25, 0.3) is 0 Å². The highest BCUT2D eigenvalue weighted by molar-refractivity contribution is 5.93. The fourth-order valence-corrected chi connectivity index (χ4v) is 1.75. The first-order chi connectivity index (χ1) is 10.8. The van der Waals surface area contributed by atoms with Gasteiger partial charge in [0.15, 0.2) is 5.65 Å². The van der Waals surface area contributed by atoms with E-state index in [1.54, 1.807) is 11.4 Å². The first-order valence-electron chi connectivity index (χ1n) is 6.78. The van der Waals surface area contributed by atoms with Crippen LogP contribution in [-0.4, -0.2) is 58.8 Å². The summed E-state index contributed by atoms with van der Waals surface area (Å²) in [6.07, 6.45) is -2.66. The highest BCUT2D eigenvalue weighted by atomic mass is 19.4. The molecule has 1 N–H and O–H groups in total. The normalized spacial score (nSPS) is 11.9. The lowest BCUT2D eigenvalue weighted by atomic mass is 10.4. The van der Waals surface area contributed by atoms with Crippen molar-refractivity contribution >= 4 is 17.5 Å². The molecule has 0 aliphatic heterocycles. The number of carbonyl (C=O) groups excluding carboxylic acids is 1. The maximum absolute atomic E-state index is 12.2. The Morgan fingerprint density at radius 1 is 1.43 bits per heavy atom. The lowest BCUT2D eigenvalue weighted by molar-refractivity contribution is -0.167. The van der Waals surface area contributed by atoms with E-state index >= 15 is 0 Å². The fraction of sp³-hybridized carbons (Fsp3) is 0.462. The Balaban J connectivity index is 2.01. The second-order valence-electron chi connectivity index (χ2n) is 5.06. The molecular formula is C13H16F3N5O2. The molecule has 126 valence electrons. The van der Waals surface area contributed by atoms with Gasteiger partial charge in [-0.2, -0.15) is 18.2 Å². The summed E-state index contributed by atoms with van der Waals surface area (Å²) in [6.45, 7) is 1.38. The largest absolute Gasteiger partial charge is 0.493 e. The van der Waals surface area contributed by atoms with Crippen molar-refractivity contribution < 1.29 is 22.7 Å². The molecule has 2 rings (SSSR count). The molecular weight excluding hydrogens is 315 g/mol. The van der Waals surface area contributed by atoms with Crippen LogP contribution in [0.25, 0.3) is 5.65 Å².